The van der Waals surface area contributed by atoms with Gasteiger partial charge >= 0.3 is 0 Å². The number of benzene rings is 1. The number of nitrogens with one attached hydrogen (secondary N) is 1. The Bertz CT molecular complexity index is 309. The summed E-state index contributed by atoms with van der Waals surface area (Å²) in [6, 6.07) is 8.55. The zero-order valence-electron chi connectivity index (χ0n) is 10.9. The highest BCUT2D eigenvalue weighted by Crippen LogP contribution is 2.13. The number of aliphatic hydroxyl groups excluding tert-OH is 1. The van der Waals surface area contributed by atoms with Gasteiger partial charge in [-0.15, -0.1) is 0 Å². The van der Waals surface area contributed by atoms with Crippen LogP contribution >= 0.6 is 0 Å². The average molecular weight is 237 g/mol. The van der Waals surface area contributed by atoms with Crippen molar-refractivity contribution in [2.24, 2.45) is 0 Å². The van der Waals surface area contributed by atoms with E-state index in [2.05, 4.69) is 31.3 Å². The van der Waals surface area contributed by atoms with Crippen LogP contribution < -0.4 is 10.1 Å². The Balaban J connectivity index is 2.44. The van der Waals surface area contributed by atoms with Crippen molar-refractivity contribution in [1.29, 1.82) is 0 Å². The zero-order valence-corrected chi connectivity index (χ0v) is 10.9. The SMILES string of the molecule is CCNC(C)Cc1ccc(OCC(C)O)cc1. The van der Waals surface area contributed by atoms with Gasteiger partial charge in [-0.1, -0.05) is 19.1 Å². The van der Waals surface area contributed by atoms with Crippen molar-refractivity contribution >= 4 is 0 Å². The van der Waals surface area contributed by atoms with Gasteiger partial charge in [0.15, 0.2) is 0 Å². The molecule has 0 spiro atoms. The predicted molar refractivity (Wildman–Crippen MR) is 70.5 cm³/mol. The molecule has 0 amide bonds. The lowest BCUT2D eigenvalue weighted by molar-refractivity contribution is 0.122. The van der Waals surface area contributed by atoms with Gasteiger partial charge in [-0.25, -0.2) is 0 Å². The largest absolute Gasteiger partial charge is 0.491 e. The molecule has 0 aliphatic rings. The molecule has 0 saturated carbocycles. The first kappa shape index (κ1) is 14.0. The van der Waals surface area contributed by atoms with Gasteiger partial charge in [-0.05, 0) is 44.5 Å². The van der Waals surface area contributed by atoms with E-state index >= 15 is 0 Å². The molecule has 2 N–H and O–H groups in total. The van der Waals surface area contributed by atoms with Gasteiger partial charge in [-0.2, -0.15) is 0 Å². The summed E-state index contributed by atoms with van der Waals surface area (Å²) in [5.74, 6) is 0.811. The lowest BCUT2D eigenvalue weighted by atomic mass is 10.1. The van der Waals surface area contributed by atoms with E-state index in [4.69, 9.17) is 9.84 Å². The van der Waals surface area contributed by atoms with E-state index < -0.39 is 6.10 Å². The molecule has 1 rings (SSSR count). The molecular weight excluding hydrogens is 214 g/mol. The zero-order chi connectivity index (χ0) is 12.7. The summed E-state index contributed by atoms with van der Waals surface area (Å²) < 4.78 is 5.41. The van der Waals surface area contributed by atoms with Crippen LogP contribution in [0.15, 0.2) is 24.3 Å². The van der Waals surface area contributed by atoms with E-state index in [1.54, 1.807) is 6.92 Å². The van der Waals surface area contributed by atoms with Crippen LogP contribution in [0.25, 0.3) is 0 Å². The van der Waals surface area contributed by atoms with Gasteiger partial charge in [0, 0.05) is 6.04 Å². The molecular formula is C14H23NO2. The summed E-state index contributed by atoms with van der Waals surface area (Å²) in [5, 5.41) is 12.5. The van der Waals surface area contributed by atoms with Crippen molar-refractivity contribution in [3.8, 4) is 5.75 Å². The fraction of sp³-hybridized carbons (Fsp3) is 0.571. The topological polar surface area (TPSA) is 41.5 Å². The van der Waals surface area contributed by atoms with Gasteiger partial charge in [0.1, 0.15) is 12.4 Å². The van der Waals surface area contributed by atoms with Crippen molar-refractivity contribution in [3.05, 3.63) is 29.8 Å². The van der Waals surface area contributed by atoms with E-state index in [1.165, 1.54) is 5.56 Å². The van der Waals surface area contributed by atoms with Crippen molar-refractivity contribution < 1.29 is 9.84 Å². The fourth-order valence-electron chi connectivity index (χ4n) is 1.71. The Morgan fingerprint density at radius 3 is 2.41 bits per heavy atom. The predicted octanol–water partition coefficient (Wildman–Crippen LogP) is 1.99. The van der Waals surface area contributed by atoms with Crippen molar-refractivity contribution in [1.82, 2.24) is 5.32 Å². The first-order valence-corrected chi connectivity index (χ1v) is 6.25. The van der Waals surface area contributed by atoms with E-state index in [0.717, 1.165) is 18.7 Å². The lowest BCUT2D eigenvalue weighted by Gasteiger charge is -2.13. The van der Waals surface area contributed by atoms with Crippen molar-refractivity contribution in [2.75, 3.05) is 13.2 Å². The number of hydrogen-bond acceptors (Lipinski definition) is 3. The Morgan fingerprint density at radius 2 is 1.88 bits per heavy atom. The highest BCUT2D eigenvalue weighted by atomic mass is 16.5. The summed E-state index contributed by atoms with van der Waals surface area (Å²) in [6.45, 7) is 7.35. The highest BCUT2D eigenvalue weighted by molar-refractivity contribution is 5.27. The van der Waals surface area contributed by atoms with E-state index in [-0.39, 0.29) is 0 Å². The van der Waals surface area contributed by atoms with Gasteiger partial charge in [0.25, 0.3) is 0 Å². The monoisotopic (exact) mass is 237 g/mol. The third kappa shape index (κ3) is 5.71. The van der Waals surface area contributed by atoms with Gasteiger partial charge in [0.05, 0.1) is 6.10 Å². The molecule has 3 nitrogen and oxygen atoms in total. The summed E-state index contributed by atoms with van der Waals surface area (Å²) in [4.78, 5) is 0. The van der Waals surface area contributed by atoms with Crippen LogP contribution in [0.2, 0.25) is 0 Å². The molecule has 1 aromatic carbocycles. The van der Waals surface area contributed by atoms with Crippen LogP contribution in [0.5, 0.6) is 5.75 Å². The molecule has 0 aliphatic heterocycles. The van der Waals surface area contributed by atoms with Gasteiger partial charge < -0.3 is 15.2 Å². The van der Waals surface area contributed by atoms with E-state index in [1.807, 2.05) is 12.1 Å². The molecule has 1 aromatic rings. The minimum atomic E-state index is -0.427. The van der Waals surface area contributed by atoms with Crippen LogP contribution in [0.4, 0.5) is 0 Å². The van der Waals surface area contributed by atoms with Crippen molar-refractivity contribution in [3.63, 3.8) is 0 Å². The summed E-state index contributed by atoms with van der Waals surface area (Å²) >= 11 is 0. The number of rotatable bonds is 7. The molecule has 0 heterocycles. The molecule has 2 atom stereocenters. The standard InChI is InChI=1S/C14H23NO2/c1-4-15-11(2)9-13-5-7-14(8-6-13)17-10-12(3)16/h5-8,11-12,15-16H,4,9-10H2,1-3H3. The average Bonchev–Trinajstić information content (AvgIpc) is 2.28. The number of aliphatic hydroxyl groups is 1. The third-order valence-corrected chi connectivity index (χ3v) is 2.51. The van der Waals surface area contributed by atoms with Crippen LogP contribution in [-0.4, -0.2) is 30.4 Å². The summed E-state index contributed by atoms with van der Waals surface area (Å²) in [6.07, 6.45) is 0.591. The van der Waals surface area contributed by atoms with Crippen LogP contribution in [0, 0.1) is 0 Å². The molecule has 0 aliphatic carbocycles. The molecule has 0 saturated heterocycles. The molecule has 0 bridgehead atoms. The fourth-order valence-corrected chi connectivity index (χ4v) is 1.71. The molecule has 3 heteroatoms. The van der Waals surface area contributed by atoms with Crippen LogP contribution in [0.3, 0.4) is 0 Å². The molecule has 0 radical (unpaired) electrons. The Morgan fingerprint density at radius 1 is 1.24 bits per heavy atom. The Kier molecular flexibility index (Phi) is 6.01. The maximum atomic E-state index is 9.11. The summed E-state index contributed by atoms with van der Waals surface area (Å²) in [7, 11) is 0. The molecule has 0 aromatic heterocycles. The lowest BCUT2D eigenvalue weighted by Crippen LogP contribution is -2.27. The second-order valence-electron chi connectivity index (χ2n) is 4.47. The molecule has 17 heavy (non-hydrogen) atoms. The first-order chi connectivity index (χ1) is 8.11. The maximum Gasteiger partial charge on any atom is 0.119 e. The van der Waals surface area contributed by atoms with Gasteiger partial charge in [-0.3, -0.25) is 0 Å². The van der Waals surface area contributed by atoms with Crippen LogP contribution in [-0.2, 0) is 6.42 Å². The molecule has 96 valence electrons. The van der Waals surface area contributed by atoms with Crippen LogP contribution in [0.1, 0.15) is 26.3 Å². The number of ether oxygens (including phenoxy) is 1. The number of hydrogen-bond donors (Lipinski definition) is 2. The normalized spacial score (nSPS) is 14.4. The Labute approximate surface area is 104 Å². The van der Waals surface area contributed by atoms with Crippen molar-refractivity contribution in [2.45, 2.75) is 39.3 Å². The molecule has 2 unspecified atom stereocenters. The third-order valence-electron chi connectivity index (χ3n) is 2.51. The van der Waals surface area contributed by atoms with E-state index in [0.29, 0.717) is 12.6 Å². The maximum absolute atomic E-state index is 9.11. The smallest absolute Gasteiger partial charge is 0.119 e. The van der Waals surface area contributed by atoms with Gasteiger partial charge in [0.2, 0.25) is 0 Å². The molecule has 0 fully saturated rings. The number of likely N-dealkylation sites (N-methyl/N-ethyl adjacent to an activating group) is 1. The second-order valence-corrected chi connectivity index (χ2v) is 4.47. The first-order valence-electron chi connectivity index (χ1n) is 6.25. The Hall–Kier alpha value is -1.06. The highest BCUT2D eigenvalue weighted by Gasteiger charge is 2.02. The second kappa shape index (κ2) is 7.30. The van der Waals surface area contributed by atoms with E-state index in [9.17, 15) is 0 Å². The summed E-state index contributed by atoms with van der Waals surface area (Å²) in [5.41, 5.74) is 1.29. The minimum Gasteiger partial charge on any atom is -0.491 e. The quantitative estimate of drug-likeness (QED) is 0.762. The minimum absolute atomic E-state index is 0.340.